The molecule has 1 aliphatic rings. The van der Waals surface area contributed by atoms with Gasteiger partial charge in [0, 0.05) is 24.7 Å². The zero-order valence-electron chi connectivity index (χ0n) is 12.5. The van der Waals surface area contributed by atoms with Crippen molar-refractivity contribution in [1.82, 2.24) is 10.2 Å². The standard InChI is InChI=1S/C16H25ClN2O/c1-3-19(4-2)10-11-20-16-13(6-5-7-15(16)17)12-18-14-8-9-14/h5-7,14,18H,3-4,8-12H2,1-2H3. The highest BCUT2D eigenvalue weighted by Crippen LogP contribution is 2.29. The number of halogens is 1. The van der Waals surface area contributed by atoms with Gasteiger partial charge < -0.3 is 15.0 Å². The zero-order valence-corrected chi connectivity index (χ0v) is 13.2. The second-order valence-corrected chi connectivity index (χ2v) is 5.67. The van der Waals surface area contributed by atoms with Gasteiger partial charge in [0.25, 0.3) is 0 Å². The molecule has 1 N–H and O–H groups in total. The quantitative estimate of drug-likeness (QED) is 0.756. The number of nitrogens with one attached hydrogen (secondary N) is 1. The molecule has 0 saturated heterocycles. The lowest BCUT2D eigenvalue weighted by Gasteiger charge is -2.19. The fraction of sp³-hybridized carbons (Fsp3) is 0.625. The van der Waals surface area contributed by atoms with Gasteiger partial charge in [-0.2, -0.15) is 0 Å². The molecule has 0 heterocycles. The van der Waals surface area contributed by atoms with Crippen molar-refractivity contribution in [3.63, 3.8) is 0 Å². The lowest BCUT2D eigenvalue weighted by Crippen LogP contribution is -2.28. The van der Waals surface area contributed by atoms with E-state index in [4.69, 9.17) is 16.3 Å². The third-order valence-electron chi connectivity index (χ3n) is 3.76. The lowest BCUT2D eigenvalue weighted by atomic mass is 10.2. The van der Waals surface area contributed by atoms with Crippen molar-refractivity contribution in [1.29, 1.82) is 0 Å². The molecule has 0 aromatic heterocycles. The summed E-state index contributed by atoms with van der Waals surface area (Å²) < 4.78 is 5.94. The molecule has 112 valence electrons. The molecule has 1 aliphatic carbocycles. The van der Waals surface area contributed by atoms with Gasteiger partial charge in [0.1, 0.15) is 12.4 Å². The van der Waals surface area contributed by atoms with Crippen molar-refractivity contribution in [2.24, 2.45) is 0 Å². The largest absolute Gasteiger partial charge is 0.490 e. The summed E-state index contributed by atoms with van der Waals surface area (Å²) in [6.07, 6.45) is 2.58. The Morgan fingerprint density at radius 3 is 2.70 bits per heavy atom. The lowest BCUT2D eigenvalue weighted by molar-refractivity contribution is 0.221. The van der Waals surface area contributed by atoms with E-state index in [-0.39, 0.29) is 0 Å². The van der Waals surface area contributed by atoms with Crippen LogP contribution in [0.3, 0.4) is 0 Å². The molecule has 0 amide bonds. The van der Waals surface area contributed by atoms with E-state index in [1.165, 1.54) is 12.8 Å². The van der Waals surface area contributed by atoms with E-state index in [0.29, 0.717) is 17.7 Å². The molecule has 0 bridgehead atoms. The molecule has 0 atom stereocenters. The first-order valence-corrected chi connectivity index (χ1v) is 7.98. The van der Waals surface area contributed by atoms with Crippen LogP contribution in [-0.4, -0.2) is 37.2 Å². The van der Waals surface area contributed by atoms with Crippen molar-refractivity contribution in [2.75, 3.05) is 26.2 Å². The van der Waals surface area contributed by atoms with E-state index in [2.05, 4.69) is 30.1 Å². The summed E-state index contributed by atoms with van der Waals surface area (Å²) in [5, 5.41) is 4.22. The van der Waals surface area contributed by atoms with E-state index in [9.17, 15) is 0 Å². The number of hydrogen-bond acceptors (Lipinski definition) is 3. The summed E-state index contributed by atoms with van der Waals surface area (Å²) in [6.45, 7) is 8.91. The molecular weight excluding hydrogens is 272 g/mol. The summed E-state index contributed by atoms with van der Waals surface area (Å²) in [5.74, 6) is 0.842. The van der Waals surface area contributed by atoms with E-state index in [1.807, 2.05) is 12.1 Å². The van der Waals surface area contributed by atoms with Crippen LogP contribution in [-0.2, 0) is 6.54 Å². The van der Waals surface area contributed by atoms with Crippen molar-refractivity contribution in [3.05, 3.63) is 28.8 Å². The van der Waals surface area contributed by atoms with Crippen LogP contribution in [0, 0.1) is 0 Å². The summed E-state index contributed by atoms with van der Waals surface area (Å²) in [7, 11) is 0. The molecule has 1 saturated carbocycles. The minimum atomic E-state index is 0.682. The number of nitrogens with zero attached hydrogens (tertiary/aromatic N) is 1. The Balaban J connectivity index is 1.90. The van der Waals surface area contributed by atoms with Crippen LogP contribution < -0.4 is 10.1 Å². The number of para-hydroxylation sites is 1. The van der Waals surface area contributed by atoms with E-state index in [0.717, 1.165) is 37.5 Å². The Morgan fingerprint density at radius 1 is 1.30 bits per heavy atom. The zero-order chi connectivity index (χ0) is 14.4. The van der Waals surface area contributed by atoms with Crippen molar-refractivity contribution < 1.29 is 4.74 Å². The Hall–Kier alpha value is -0.770. The Morgan fingerprint density at radius 2 is 2.05 bits per heavy atom. The molecule has 3 nitrogen and oxygen atoms in total. The predicted octanol–water partition coefficient (Wildman–Crippen LogP) is 3.31. The molecule has 0 unspecified atom stereocenters. The topological polar surface area (TPSA) is 24.5 Å². The number of hydrogen-bond donors (Lipinski definition) is 1. The van der Waals surface area contributed by atoms with Gasteiger partial charge in [0.2, 0.25) is 0 Å². The van der Waals surface area contributed by atoms with Gasteiger partial charge in [-0.15, -0.1) is 0 Å². The average Bonchev–Trinajstić information content (AvgIpc) is 3.27. The first-order valence-electron chi connectivity index (χ1n) is 7.60. The van der Waals surface area contributed by atoms with Crippen molar-refractivity contribution >= 4 is 11.6 Å². The van der Waals surface area contributed by atoms with Gasteiger partial charge >= 0.3 is 0 Å². The fourth-order valence-corrected chi connectivity index (χ4v) is 2.46. The highest BCUT2D eigenvalue weighted by Gasteiger charge is 2.21. The second kappa shape index (κ2) is 7.87. The van der Waals surface area contributed by atoms with Crippen LogP contribution in [0.5, 0.6) is 5.75 Å². The monoisotopic (exact) mass is 296 g/mol. The first kappa shape index (κ1) is 15.6. The van der Waals surface area contributed by atoms with Crippen LogP contribution in [0.1, 0.15) is 32.3 Å². The second-order valence-electron chi connectivity index (χ2n) is 5.26. The van der Waals surface area contributed by atoms with E-state index in [1.54, 1.807) is 0 Å². The van der Waals surface area contributed by atoms with Gasteiger partial charge in [-0.05, 0) is 32.0 Å². The Bertz CT molecular complexity index is 417. The first-order chi connectivity index (χ1) is 9.74. The molecule has 1 aromatic rings. The maximum absolute atomic E-state index is 6.28. The minimum absolute atomic E-state index is 0.682. The van der Waals surface area contributed by atoms with Gasteiger partial charge in [0.15, 0.2) is 0 Å². The van der Waals surface area contributed by atoms with Gasteiger partial charge in [-0.1, -0.05) is 37.6 Å². The molecular formula is C16H25ClN2O. The van der Waals surface area contributed by atoms with Crippen molar-refractivity contribution in [2.45, 2.75) is 39.3 Å². The predicted molar refractivity (Wildman–Crippen MR) is 84.6 cm³/mol. The number of ether oxygens (including phenoxy) is 1. The summed E-state index contributed by atoms with van der Waals surface area (Å²) in [5.41, 5.74) is 1.16. The molecule has 0 radical (unpaired) electrons. The van der Waals surface area contributed by atoms with Gasteiger partial charge in [0.05, 0.1) is 5.02 Å². The maximum atomic E-state index is 6.28. The summed E-state index contributed by atoms with van der Waals surface area (Å²) >= 11 is 6.28. The molecule has 0 aliphatic heterocycles. The van der Waals surface area contributed by atoms with Crippen LogP contribution in [0.4, 0.5) is 0 Å². The van der Waals surface area contributed by atoms with Crippen LogP contribution in [0.15, 0.2) is 18.2 Å². The summed E-state index contributed by atoms with van der Waals surface area (Å²) in [6, 6.07) is 6.67. The molecule has 0 spiro atoms. The van der Waals surface area contributed by atoms with E-state index >= 15 is 0 Å². The van der Waals surface area contributed by atoms with Crippen molar-refractivity contribution in [3.8, 4) is 5.75 Å². The number of benzene rings is 1. The van der Waals surface area contributed by atoms with E-state index < -0.39 is 0 Å². The normalized spacial score (nSPS) is 14.8. The van der Waals surface area contributed by atoms with Crippen LogP contribution >= 0.6 is 11.6 Å². The summed E-state index contributed by atoms with van der Waals surface area (Å²) in [4.78, 5) is 2.35. The smallest absolute Gasteiger partial charge is 0.142 e. The molecule has 1 fully saturated rings. The number of likely N-dealkylation sites (N-methyl/N-ethyl adjacent to an activating group) is 1. The fourth-order valence-electron chi connectivity index (χ4n) is 2.21. The Kier molecular flexibility index (Phi) is 6.14. The van der Waals surface area contributed by atoms with Crippen LogP contribution in [0.2, 0.25) is 5.02 Å². The van der Waals surface area contributed by atoms with Gasteiger partial charge in [-0.3, -0.25) is 0 Å². The average molecular weight is 297 g/mol. The molecule has 1 aromatic carbocycles. The minimum Gasteiger partial charge on any atom is -0.490 e. The maximum Gasteiger partial charge on any atom is 0.142 e. The highest BCUT2D eigenvalue weighted by molar-refractivity contribution is 6.32. The Labute approximate surface area is 127 Å². The molecule has 2 rings (SSSR count). The molecule has 4 heteroatoms. The highest BCUT2D eigenvalue weighted by atomic mass is 35.5. The number of rotatable bonds is 9. The van der Waals surface area contributed by atoms with Gasteiger partial charge in [-0.25, -0.2) is 0 Å². The van der Waals surface area contributed by atoms with Crippen LogP contribution in [0.25, 0.3) is 0 Å². The SMILES string of the molecule is CCN(CC)CCOc1c(Cl)cccc1CNC1CC1. The third kappa shape index (κ3) is 4.65. The third-order valence-corrected chi connectivity index (χ3v) is 4.05. The molecule has 20 heavy (non-hydrogen) atoms.